The second kappa shape index (κ2) is 6.21. The Balaban J connectivity index is 1.94. The van der Waals surface area contributed by atoms with E-state index in [1.807, 2.05) is 0 Å². The Bertz CT molecular complexity index is 520. The summed E-state index contributed by atoms with van der Waals surface area (Å²) in [6.45, 7) is 0.163. The summed E-state index contributed by atoms with van der Waals surface area (Å²) in [4.78, 5) is 15.3. The summed E-state index contributed by atoms with van der Waals surface area (Å²) in [5.41, 5.74) is 4.97. The van der Waals surface area contributed by atoms with Gasteiger partial charge in [-0.3, -0.25) is 4.57 Å². The molecule has 2 heterocycles. The van der Waals surface area contributed by atoms with Crippen LogP contribution >= 0.6 is 8.25 Å². The zero-order chi connectivity index (χ0) is 13.8. The predicted octanol–water partition coefficient (Wildman–Crippen LogP) is 0.823. The largest absolute Gasteiger partial charge is 0.697 e. The zero-order valence-electron chi connectivity index (χ0n) is 10.4. The highest BCUT2D eigenvalue weighted by Gasteiger charge is 2.30. The number of aromatic nitrogens is 2. The van der Waals surface area contributed by atoms with E-state index < -0.39 is 20.2 Å². The fourth-order valence-electron chi connectivity index (χ4n) is 1.86. The van der Waals surface area contributed by atoms with E-state index in [-0.39, 0.29) is 18.5 Å². The molecule has 1 aromatic rings. The molecule has 0 aromatic carbocycles. The van der Waals surface area contributed by atoms with Crippen LogP contribution in [0.5, 0.6) is 0 Å². The number of nitrogen functional groups attached to an aromatic ring is 1. The summed E-state index contributed by atoms with van der Waals surface area (Å²) in [6.07, 6.45) is 2.30. The first-order valence-electron chi connectivity index (χ1n) is 5.74. The summed E-state index contributed by atoms with van der Waals surface area (Å²) in [7, 11) is -0.799. The summed E-state index contributed by atoms with van der Waals surface area (Å²) < 4.78 is 27.5. The normalized spacial score (nSPS) is 23.5. The van der Waals surface area contributed by atoms with Crippen LogP contribution in [-0.4, -0.2) is 29.4 Å². The van der Waals surface area contributed by atoms with Crippen molar-refractivity contribution in [3.05, 3.63) is 22.7 Å². The minimum atomic E-state index is -2.10. The van der Waals surface area contributed by atoms with Crippen LogP contribution in [0.15, 0.2) is 17.1 Å². The van der Waals surface area contributed by atoms with Crippen molar-refractivity contribution in [2.45, 2.75) is 25.2 Å². The Morgan fingerprint density at radius 2 is 2.42 bits per heavy atom. The van der Waals surface area contributed by atoms with Gasteiger partial charge in [-0.05, 0) is 18.9 Å². The molecular weight excluding hydrogens is 273 g/mol. The van der Waals surface area contributed by atoms with Gasteiger partial charge in [0, 0.05) is 10.8 Å². The molecule has 1 saturated heterocycles. The lowest BCUT2D eigenvalue weighted by molar-refractivity contribution is -0.0206. The average Bonchev–Trinajstić information content (AvgIpc) is 2.84. The maximum atomic E-state index is 11.6. The van der Waals surface area contributed by atoms with Crippen molar-refractivity contribution in [2.24, 2.45) is 0 Å². The van der Waals surface area contributed by atoms with E-state index in [0.717, 1.165) is 0 Å². The van der Waals surface area contributed by atoms with Gasteiger partial charge in [0.1, 0.15) is 18.7 Å². The highest BCUT2D eigenvalue weighted by atomic mass is 31.1. The molecule has 8 nitrogen and oxygen atoms in total. The summed E-state index contributed by atoms with van der Waals surface area (Å²) in [5, 5.41) is 0. The van der Waals surface area contributed by atoms with E-state index in [0.29, 0.717) is 12.8 Å². The van der Waals surface area contributed by atoms with Crippen LogP contribution in [-0.2, 0) is 18.3 Å². The fraction of sp³-hybridized carbons (Fsp3) is 0.600. The van der Waals surface area contributed by atoms with E-state index in [9.17, 15) is 9.36 Å². The number of rotatable bonds is 5. The molecule has 3 atom stereocenters. The van der Waals surface area contributed by atoms with Crippen molar-refractivity contribution in [1.82, 2.24) is 9.55 Å². The first-order chi connectivity index (χ1) is 9.10. The molecule has 0 spiro atoms. The minimum absolute atomic E-state index is 0.163. The molecule has 1 fully saturated rings. The van der Waals surface area contributed by atoms with Crippen LogP contribution < -0.4 is 11.4 Å². The van der Waals surface area contributed by atoms with Crippen molar-refractivity contribution in [3.8, 4) is 0 Å². The third-order valence-electron chi connectivity index (χ3n) is 2.76. The Morgan fingerprint density at radius 1 is 1.63 bits per heavy atom. The molecule has 0 amide bonds. The predicted molar refractivity (Wildman–Crippen MR) is 66.6 cm³/mol. The van der Waals surface area contributed by atoms with Gasteiger partial charge in [0.2, 0.25) is 0 Å². The third-order valence-corrected chi connectivity index (χ3v) is 3.42. The Kier molecular flexibility index (Phi) is 4.60. The van der Waals surface area contributed by atoms with Gasteiger partial charge in [-0.15, -0.1) is 9.05 Å². The molecule has 0 radical (unpaired) electrons. The maximum Gasteiger partial charge on any atom is 0.697 e. The molecule has 19 heavy (non-hydrogen) atoms. The monoisotopic (exact) mass is 288 g/mol. The van der Waals surface area contributed by atoms with Gasteiger partial charge >= 0.3 is 13.9 Å². The molecule has 1 aliphatic rings. The summed E-state index contributed by atoms with van der Waals surface area (Å²) in [5.74, 6) is 0.177. The highest BCUT2D eigenvalue weighted by molar-refractivity contribution is 7.33. The molecular formula is C10H15N3O5P+. The molecule has 2 N–H and O–H groups in total. The zero-order valence-corrected chi connectivity index (χ0v) is 11.3. The number of hydrogen-bond acceptors (Lipinski definition) is 7. The summed E-state index contributed by atoms with van der Waals surface area (Å²) >= 11 is 0. The standard InChI is InChI=1S/C10H14N3O5P/c1-16-19(15)17-6-7-2-3-9(18-7)13-5-4-8(11)12-10(13)14/h4-5,7,9H,2-3,6H2,1H3,(H-,11,12,14)/p+1/t7-,9+/m0/s1. The van der Waals surface area contributed by atoms with E-state index in [1.165, 1.54) is 17.7 Å². The molecule has 0 aliphatic carbocycles. The molecule has 1 unspecified atom stereocenters. The van der Waals surface area contributed by atoms with Crippen molar-refractivity contribution in [3.63, 3.8) is 0 Å². The molecule has 1 aromatic heterocycles. The van der Waals surface area contributed by atoms with E-state index in [4.69, 9.17) is 15.0 Å². The van der Waals surface area contributed by atoms with Gasteiger partial charge in [0.15, 0.2) is 0 Å². The van der Waals surface area contributed by atoms with Gasteiger partial charge in [0.05, 0.1) is 13.2 Å². The smallest absolute Gasteiger partial charge is 0.383 e. The number of anilines is 1. The van der Waals surface area contributed by atoms with Gasteiger partial charge in [-0.25, -0.2) is 4.79 Å². The molecule has 2 rings (SSSR count). The second-order valence-electron chi connectivity index (χ2n) is 4.03. The first kappa shape index (κ1) is 14.1. The number of hydrogen-bond donors (Lipinski definition) is 1. The summed E-state index contributed by atoms with van der Waals surface area (Å²) in [6, 6.07) is 1.54. The van der Waals surface area contributed by atoms with Crippen molar-refractivity contribution in [2.75, 3.05) is 19.5 Å². The van der Waals surface area contributed by atoms with E-state index >= 15 is 0 Å². The molecule has 1 aliphatic heterocycles. The molecule has 104 valence electrons. The Morgan fingerprint density at radius 3 is 3.11 bits per heavy atom. The number of nitrogens with zero attached hydrogens (tertiary/aromatic N) is 2. The third kappa shape index (κ3) is 3.57. The second-order valence-corrected chi connectivity index (χ2v) is 5.10. The fourth-order valence-corrected chi connectivity index (χ4v) is 2.25. The Hall–Kier alpha value is -1.34. The van der Waals surface area contributed by atoms with Gasteiger partial charge in [-0.1, -0.05) is 0 Å². The van der Waals surface area contributed by atoms with Crippen LogP contribution in [0.3, 0.4) is 0 Å². The van der Waals surface area contributed by atoms with Crippen LogP contribution in [0.2, 0.25) is 0 Å². The van der Waals surface area contributed by atoms with E-state index in [1.54, 1.807) is 6.20 Å². The highest BCUT2D eigenvalue weighted by Crippen LogP contribution is 2.30. The van der Waals surface area contributed by atoms with Crippen LogP contribution in [0.4, 0.5) is 5.82 Å². The number of nitrogens with two attached hydrogens (primary N) is 1. The van der Waals surface area contributed by atoms with Crippen molar-refractivity contribution >= 4 is 14.1 Å². The molecule has 0 bridgehead atoms. The van der Waals surface area contributed by atoms with Gasteiger partial charge in [-0.2, -0.15) is 4.98 Å². The molecule has 0 saturated carbocycles. The lowest BCUT2D eigenvalue weighted by Crippen LogP contribution is -2.27. The quantitative estimate of drug-likeness (QED) is 0.799. The topological polar surface area (TPSA) is 106 Å². The van der Waals surface area contributed by atoms with Gasteiger partial charge < -0.3 is 10.5 Å². The van der Waals surface area contributed by atoms with Crippen molar-refractivity contribution in [1.29, 1.82) is 0 Å². The minimum Gasteiger partial charge on any atom is -0.383 e. The lowest BCUT2D eigenvalue weighted by Gasteiger charge is -2.14. The first-order valence-corrected chi connectivity index (χ1v) is 6.84. The van der Waals surface area contributed by atoms with Crippen LogP contribution in [0.1, 0.15) is 19.1 Å². The number of ether oxygens (including phenoxy) is 1. The molecule has 9 heteroatoms. The van der Waals surface area contributed by atoms with Gasteiger partial charge in [0.25, 0.3) is 0 Å². The maximum absolute atomic E-state index is 11.6. The Labute approximate surface area is 110 Å². The SMILES string of the molecule is CO[P+](=O)OC[C@@H]1CC[C@H](n2ccc(N)nc2=O)O1. The van der Waals surface area contributed by atoms with Crippen LogP contribution in [0.25, 0.3) is 0 Å². The lowest BCUT2D eigenvalue weighted by atomic mass is 10.2. The average molecular weight is 288 g/mol. The van der Waals surface area contributed by atoms with E-state index in [2.05, 4.69) is 9.51 Å². The van der Waals surface area contributed by atoms with Crippen molar-refractivity contribution < 1.29 is 18.3 Å². The van der Waals surface area contributed by atoms with Crippen LogP contribution in [0, 0.1) is 0 Å².